The monoisotopic (exact) mass is 297 g/mol. The van der Waals surface area contributed by atoms with Gasteiger partial charge in [0.1, 0.15) is 6.04 Å². The highest BCUT2D eigenvalue weighted by atomic mass is 16.4. The van der Waals surface area contributed by atoms with Gasteiger partial charge in [0.2, 0.25) is 11.8 Å². The molecule has 4 N–H and O–H groups in total. The lowest BCUT2D eigenvalue weighted by molar-refractivity contribution is -0.151. The summed E-state index contributed by atoms with van der Waals surface area (Å²) in [6.45, 7) is 2.63. The Balaban J connectivity index is 1.88. The average molecular weight is 297 g/mol. The number of hydrogen-bond donors (Lipinski definition) is 4. The molecule has 0 spiro atoms. The number of carbonyl (C=O) groups excluding carboxylic acids is 2. The summed E-state index contributed by atoms with van der Waals surface area (Å²) in [4.78, 5) is 34.7. The molecule has 2 fully saturated rings. The van der Waals surface area contributed by atoms with Gasteiger partial charge in [0, 0.05) is 13.1 Å². The van der Waals surface area contributed by atoms with Gasteiger partial charge in [0.05, 0.1) is 12.0 Å². The van der Waals surface area contributed by atoms with Crippen molar-refractivity contribution in [3.8, 4) is 0 Å². The first-order valence-corrected chi connectivity index (χ1v) is 7.44. The normalized spacial score (nSPS) is 33.1. The standard InChI is InChI=1S/C14H23N3O4/c1-9-2-4-14(5-3-9,13(20)21)8-17-12(19)10-6-16-11(18)7-15-10/h9-10,15H,2-8H2,1H3,(H,16,18)(H,17,19)(H,20,21). The van der Waals surface area contributed by atoms with Gasteiger partial charge in [0.25, 0.3) is 0 Å². The van der Waals surface area contributed by atoms with Crippen LogP contribution in [0, 0.1) is 11.3 Å². The molecule has 1 unspecified atom stereocenters. The highest BCUT2D eigenvalue weighted by Crippen LogP contribution is 2.38. The van der Waals surface area contributed by atoms with E-state index in [1.165, 1.54) is 0 Å². The number of carboxylic acids is 1. The van der Waals surface area contributed by atoms with Crippen LogP contribution in [0.5, 0.6) is 0 Å². The van der Waals surface area contributed by atoms with Crippen LogP contribution in [0.25, 0.3) is 0 Å². The predicted molar refractivity (Wildman–Crippen MR) is 75.5 cm³/mol. The van der Waals surface area contributed by atoms with Crippen molar-refractivity contribution in [2.24, 2.45) is 11.3 Å². The molecule has 7 heteroatoms. The van der Waals surface area contributed by atoms with E-state index in [0.717, 1.165) is 12.8 Å². The lowest BCUT2D eigenvalue weighted by atomic mass is 9.71. The molecule has 0 radical (unpaired) electrons. The summed E-state index contributed by atoms with van der Waals surface area (Å²) in [6.07, 6.45) is 2.94. The summed E-state index contributed by atoms with van der Waals surface area (Å²) < 4.78 is 0. The molecule has 1 heterocycles. The molecule has 0 aromatic rings. The van der Waals surface area contributed by atoms with Crippen molar-refractivity contribution >= 4 is 17.8 Å². The fourth-order valence-corrected chi connectivity index (χ4v) is 2.91. The van der Waals surface area contributed by atoms with E-state index in [4.69, 9.17) is 0 Å². The molecule has 0 aromatic carbocycles. The van der Waals surface area contributed by atoms with Crippen molar-refractivity contribution in [3.05, 3.63) is 0 Å². The zero-order chi connectivity index (χ0) is 15.5. The van der Waals surface area contributed by atoms with E-state index in [9.17, 15) is 19.5 Å². The topological polar surface area (TPSA) is 108 Å². The second-order valence-electron chi connectivity index (χ2n) is 6.22. The zero-order valence-electron chi connectivity index (χ0n) is 12.3. The number of rotatable bonds is 4. The Morgan fingerprint density at radius 1 is 1.38 bits per heavy atom. The van der Waals surface area contributed by atoms with Crippen LogP contribution in [0.4, 0.5) is 0 Å². The summed E-state index contributed by atoms with van der Waals surface area (Å²) >= 11 is 0. The predicted octanol–water partition coefficient (Wildman–Crippen LogP) is -0.528. The molecule has 1 aliphatic heterocycles. The van der Waals surface area contributed by atoms with Gasteiger partial charge in [-0.25, -0.2) is 0 Å². The summed E-state index contributed by atoms with van der Waals surface area (Å²) in [5, 5.41) is 17.7. The average Bonchev–Trinajstić information content (AvgIpc) is 2.47. The van der Waals surface area contributed by atoms with Crippen molar-refractivity contribution in [1.29, 1.82) is 0 Å². The van der Waals surface area contributed by atoms with Crippen LogP contribution < -0.4 is 16.0 Å². The van der Waals surface area contributed by atoms with E-state index < -0.39 is 17.4 Å². The highest BCUT2D eigenvalue weighted by Gasteiger charge is 2.41. The lowest BCUT2D eigenvalue weighted by Gasteiger charge is -2.36. The van der Waals surface area contributed by atoms with E-state index in [-0.39, 0.29) is 31.4 Å². The van der Waals surface area contributed by atoms with Crippen LogP contribution in [-0.4, -0.2) is 48.6 Å². The molecule has 7 nitrogen and oxygen atoms in total. The fraction of sp³-hybridized carbons (Fsp3) is 0.786. The van der Waals surface area contributed by atoms with E-state index >= 15 is 0 Å². The van der Waals surface area contributed by atoms with Gasteiger partial charge in [-0.1, -0.05) is 6.92 Å². The molecule has 2 aliphatic rings. The quantitative estimate of drug-likeness (QED) is 0.558. The summed E-state index contributed by atoms with van der Waals surface area (Å²) in [6, 6.07) is -0.490. The number of aliphatic carboxylic acids is 1. The van der Waals surface area contributed by atoms with Crippen molar-refractivity contribution in [2.45, 2.75) is 38.6 Å². The molecule has 1 aliphatic carbocycles. The lowest BCUT2D eigenvalue weighted by Crippen LogP contribution is -2.59. The first kappa shape index (κ1) is 15.8. The Bertz CT molecular complexity index is 420. The van der Waals surface area contributed by atoms with Gasteiger partial charge in [-0.15, -0.1) is 0 Å². The molecular weight excluding hydrogens is 274 g/mol. The van der Waals surface area contributed by atoms with Gasteiger partial charge in [-0.3, -0.25) is 19.7 Å². The van der Waals surface area contributed by atoms with Crippen LogP contribution in [0.1, 0.15) is 32.6 Å². The van der Waals surface area contributed by atoms with Crippen molar-refractivity contribution in [3.63, 3.8) is 0 Å². The zero-order valence-corrected chi connectivity index (χ0v) is 12.3. The number of nitrogens with one attached hydrogen (secondary N) is 3. The number of carbonyl (C=O) groups is 3. The Morgan fingerprint density at radius 2 is 2.05 bits per heavy atom. The Kier molecular flexibility index (Phi) is 4.82. The van der Waals surface area contributed by atoms with Crippen molar-refractivity contribution in [1.82, 2.24) is 16.0 Å². The van der Waals surface area contributed by atoms with Gasteiger partial charge >= 0.3 is 5.97 Å². The molecule has 1 saturated carbocycles. The second kappa shape index (κ2) is 6.43. The third-order valence-electron chi connectivity index (χ3n) is 4.61. The third kappa shape index (κ3) is 3.72. The van der Waals surface area contributed by atoms with Gasteiger partial charge in [-0.2, -0.15) is 0 Å². The number of carboxylic acid groups (broad SMARTS) is 1. The molecule has 1 saturated heterocycles. The van der Waals surface area contributed by atoms with Crippen LogP contribution in [0.3, 0.4) is 0 Å². The molecule has 118 valence electrons. The van der Waals surface area contributed by atoms with E-state index in [1.54, 1.807) is 0 Å². The summed E-state index contributed by atoms with van der Waals surface area (Å²) in [7, 11) is 0. The maximum atomic E-state index is 12.1. The summed E-state index contributed by atoms with van der Waals surface area (Å²) in [5.74, 6) is -0.681. The Hall–Kier alpha value is -1.63. The minimum Gasteiger partial charge on any atom is -0.481 e. The minimum absolute atomic E-state index is 0.111. The van der Waals surface area contributed by atoms with Crippen molar-refractivity contribution < 1.29 is 19.5 Å². The molecule has 1 atom stereocenters. The Labute approximate surface area is 123 Å². The second-order valence-corrected chi connectivity index (χ2v) is 6.22. The van der Waals surface area contributed by atoms with Crippen molar-refractivity contribution in [2.75, 3.05) is 19.6 Å². The number of hydrogen-bond acceptors (Lipinski definition) is 4. The van der Waals surface area contributed by atoms with Crippen LogP contribution in [-0.2, 0) is 14.4 Å². The molecule has 21 heavy (non-hydrogen) atoms. The number of piperazine rings is 1. The van der Waals surface area contributed by atoms with Gasteiger partial charge in [0.15, 0.2) is 0 Å². The number of amides is 2. The van der Waals surface area contributed by atoms with E-state index in [2.05, 4.69) is 22.9 Å². The third-order valence-corrected chi connectivity index (χ3v) is 4.61. The smallest absolute Gasteiger partial charge is 0.311 e. The largest absolute Gasteiger partial charge is 0.481 e. The SMILES string of the molecule is CC1CCC(CNC(=O)C2CNC(=O)CN2)(C(=O)O)CC1. The molecule has 2 amide bonds. The molecular formula is C14H23N3O4. The minimum atomic E-state index is -0.847. The van der Waals surface area contributed by atoms with Crippen LogP contribution in [0.2, 0.25) is 0 Å². The van der Waals surface area contributed by atoms with Crippen LogP contribution in [0.15, 0.2) is 0 Å². The van der Waals surface area contributed by atoms with E-state index in [0.29, 0.717) is 18.8 Å². The highest BCUT2D eigenvalue weighted by molar-refractivity contribution is 5.87. The molecule has 0 aromatic heterocycles. The fourth-order valence-electron chi connectivity index (χ4n) is 2.91. The maximum absolute atomic E-state index is 12.1. The molecule has 2 rings (SSSR count). The van der Waals surface area contributed by atoms with Gasteiger partial charge < -0.3 is 15.7 Å². The van der Waals surface area contributed by atoms with Crippen LogP contribution >= 0.6 is 0 Å². The van der Waals surface area contributed by atoms with E-state index in [1.807, 2.05) is 0 Å². The van der Waals surface area contributed by atoms with Gasteiger partial charge in [-0.05, 0) is 31.6 Å². The first-order valence-electron chi connectivity index (χ1n) is 7.44. The maximum Gasteiger partial charge on any atom is 0.311 e. The summed E-state index contributed by atoms with van der Waals surface area (Å²) in [5.41, 5.74) is -0.847. The Morgan fingerprint density at radius 3 is 2.57 bits per heavy atom. The first-order chi connectivity index (χ1) is 9.93. The molecule has 0 bridgehead atoms.